The number of fused-ring (bicyclic) bond motifs is 3. The molecular formula is C21H18ClFN6O2. The lowest BCUT2D eigenvalue weighted by Gasteiger charge is -2.26. The number of benzene rings is 1. The largest absolute Gasteiger partial charge is 0.510 e. The highest BCUT2D eigenvalue weighted by Crippen LogP contribution is 2.35. The van der Waals surface area contributed by atoms with E-state index in [1.807, 2.05) is 16.7 Å². The second kappa shape index (κ2) is 7.28. The van der Waals surface area contributed by atoms with E-state index in [2.05, 4.69) is 25.6 Å². The van der Waals surface area contributed by atoms with Crippen molar-refractivity contribution < 1.29 is 14.2 Å². The van der Waals surface area contributed by atoms with Gasteiger partial charge in [-0.05, 0) is 37.3 Å². The molecule has 8 nitrogen and oxygen atoms in total. The average Bonchev–Trinajstić information content (AvgIpc) is 3.22. The highest BCUT2D eigenvalue weighted by Gasteiger charge is 2.30. The van der Waals surface area contributed by atoms with Gasteiger partial charge in [-0.15, -0.1) is 11.6 Å². The molecule has 10 heteroatoms. The Labute approximate surface area is 182 Å². The number of imidazole rings is 1. The van der Waals surface area contributed by atoms with Gasteiger partial charge in [0.05, 0.1) is 30.1 Å². The van der Waals surface area contributed by atoms with Gasteiger partial charge in [-0.1, -0.05) is 0 Å². The van der Waals surface area contributed by atoms with Gasteiger partial charge in [-0.3, -0.25) is 4.57 Å². The molecule has 1 atom stereocenters. The highest BCUT2D eigenvalue weighted by atomic mass is 35.5. The summed E-state index contributed by atoms with van der Waals surface area (Å²) in [5.74, 6) is 0.421. The summed E-state index contributed by atoms with van der Waals surface area (Å²) in [6, 6.07) is 5.43. The van der Waals surface area contributed by atoms with Crippen LogP contribution in [0.2, 0.25) is 0 Å². The molecule has 3 heterocycles. The maximum atomic E-state index is 14.4. The number of aromatic nitrogens is 4. The van der Waals surface area contributed by atoms with E-state index in [-0.39, 0.29) is 17.5 Å². The molecule has 0 fully saturated rings. The number of hydrogen-bond acceptors (Lipinski definition) is 7. The minimum absolute atomic E-state index is 0.0171. The summed E-state index contributed by atoms with van der Waals surface area (Å²) in [5, 5.41) is 15.9. The van der Waals surface area contributed by atoms with Crippen molar-refractivity contribution in [3.8, 4) is 11.4 Å². The van der Waals surface area contributed by atoms with Crippen molar-refractivity contribution in [3.05, 3.63) is 72.0 Å². The zero-order valence-electron chi connectivity index (χ0n) is 16.4. The first-order valence-corrected chi connectivity index (χ1v) is 9.91. The normalized spacial score (nSPS) is 19.5. The molecule has 3 N–H and O–H groups in total. The number of rotatable bonds is 4. The topological polar surface area (TPSA) is 97.1 Å². The third-order valence-electron chi connectivity index (χ3n) is 5.09. The van der Waals surface area contributed by atoms with Gasteiger partial charge in [0.15, 0.2) is 11.6 Å². The molecule has 0 amide bonds. The van der Waals surface area contributed by atoms with Crippen LogP contribution in [0.4, 0.5) is 21.8 Å². The fourth-order valence-corrected chi connectivity index (χ4v) is 3.65. The number of alkyl halides is 1. The maximum absolute atomic E-state index is 14.4. The molecule has 2 aliphatic rings. The van der Waals surface area contributed by atoms with Gasteiger partial charge in [-0.25, -0.2) is 14.4 Å². The van der Waals surface area contributed by atoms with E-state index in [9.17, 15) is 9.50 Å². The van der Waals surface area contributed by atoms with Gasteiger partial charge < -0.3 is 20.5 Å². The molecule has 5 rings (SSSR count). The molecule has 2 aromatic heterocycles. The van der Waals surface area contributed by atoms with Crippen LogP contribution >= 0.6 is 11.6 Å². The zero-order valence-corrected chi connectivity index (χ0v) is 17.2. The van der Waals surface area contributed by atoms with Crippen molar-refractivity contribution in [1.29, 1.82) is 0 Å². The summed E-state index contributed by atoms with van der Waals surface area (Å²) in [4.78, 5) is 11.5. The third kappa shape index (κ3) is 3.68. The first-order valence-electron chi connectivity index (χ1n) is 9.53. The molecule has 1 aliphatic heterocycles. The van der Waals surface area contributed by atoms with E-state index < -0.39 is 10.7 Å². The van der Waals surface area contributed by atoms with Crippen molar-refractivity contribution in [2.24, 2.45) is 0 Å². The molecule has 0 saturated carbocycles. The van der Waals surface area contributed by atoms with Gasteiger partial charge in [-0.2, -0.15) is 4.98 Å². The number of hydrogen-bond donors (Lipinski definition) is 3. The van der Waals surface area contributed by atoms with Crippen LogP contribution in [0.25, 0.3) is 5.69 Å². The minimum Gasteiger partial charge on any atom is -0.510 e. The lowest BCUT2D eigenvalue weighted by atomic mass is 9.97. The third-order valence-corrected chi connectivity index (χ3v) is 5.41. The van der Waals surface area contributed by atoms with Crippen LogP contribution in [0.5, 0.6) is 5.75 Å². The second-order valence-electron chi connectivity index (χ2n) is 7.48. The number of ether oxygens (including phenoxy) is 1. The monoisotopic (exact) mass is 440 g/mol. The van der Waals surface area contributed by atoms with E-state index >= 15 is 0 Å². The molecule has 3 aromatic rings. The summed E-state index contributed by atoms with van der Waals surface area (Å²) in [6.45, 7) is 2.15. The Hall–Kier alpha value is -3.59. The lowest BCUT2D eigenvalue weighted by Crippen LogP contribution is -2.25. The minimum atomic E-state index is -0.921. The predicted molar refractivity (Wildman–Crippen MR) is 114 cm³/mol. The molecule has 0 spiro atoms. The van der Waals surface area contributed by atoms with Gasteiger partial charge >= 0.3 is 0 Å². The second-order valence-corrected chi connectivity index (χ2v) is 8.32. The summed E-state index contributed by atoms with van der Waals surface area (Å²) >= 11 is 6.30. The van der Waals surface area contributed by atoms with Crippen LogP contribution in [-0.4, -0.2) is 29.5 Å². The number of allylic oxidation sites excluding steroid dienone is 4. The van der Waals surface area contributed by atoms with Crippen LogP contribution in [-0.2, 0) is 6.61 Å². The summed E-state index contributed by atoms with van der Waals surface area (Å²) in [7, 11) is 0. The van der Waals surface area contributed by atoms with Crippen molar-refractivity contribution in [2.75, 3.05) is 10.6 Å². The van der Waals surface area contributed by atoms with E-state index in [0.29, 0.717) is 30.2 Å². The molecule has 0 radical (unpaired) electrons. The number of halogens is 2. The molecular weight excluding hydrogens is 423 g/mol. The molecule has 1 unspecified atom stereocenters. The Kier molecular flexibility index (Phi) is 4.55. The highest BCUT2D eigenvalue weighted by molar-refractivity contribution is 6.25. The quantitative estimate of drug-likeness (QED) is 0.511. The van der Waals surface area contributed by atoms with Crippen LogP contribution in [0.3, 0.4) is 0 Å². The predicted octanol–water partition coefficient (Wildman–Crippen LogP) is 4.58. The fraction of sp³-hybridized carbons (Fsp3) is 0.190. The van der Waals surface area contributed by atoms with Gasteiger partial charge in [0.25, 0.3) is 0 Å². The number of aliphatic hydroxyl groups is 1. The Morgan fingerprint density at radius 2 is 2.13 bits per heavy atom. The molecule has 158 valence electrons. The van der Waals surface area contributed by atoms with Gasteiger partial charge in [0, 0.05) is 17.8 Å². The molecule has 0 bridgehead atoms. The SMILES string of the molecule is CC1(Cl)CC(Nc2ncc(F)c(Nc3ccc4c(c3)-n3cncc3CO4)n2)=CC=C1O. The first kappa shape index (κ1) is 19.4. The van der Waals surface area contributed by atoms with E-state index in [1.165, 1.54) is 6.08 Å². The average molecular weight is 441 g/mol. The van der Waals surface area contributed by atoms with Crippen molar-refractivity contribution >= 4 is 29.1 Å². The van der Waals surface area contributed by atoms with Crippen LogP contribution < -0.4 is 15.4 Å². The van der Waals surface area contributed by atoms with Gasteiger partial charge in [0.1, 0.15) is 23.0 Å². The van der Waals surface area contributed by atoms with E-state index in [1.54, 1.807) is 31.6 Å². The zero-order chi connectivity index (χ0) is 21.6. The Morgan fingerprint density at radius 3 is 2.97 bits per heavy atom. The van der Waals surface area contributed by atoms with Crippen molar-refractivity contribution in [1.82, 2.24) is 19.5 Å². The van der Waals surface area contributed by atoms with E-state index in [4.69, 9.17) is 16.3 Å². The number of aliphatic hydroxyl groups excluding tert-OH is 1. The standard InChI is InChI=1S/C21H18ClFN6O2/c1-21(22)7-13(3-5-18(21)30)27-20-25-9-15(23)19(28-20)26-12-2-4-17-16(6-12)29-11-24-8-14(29)10-31-17/h2-6,8-9,11,30H,7,10H2,1H3,(H2,25,26,27,28). The molecule has 1 aliphatic carbocycles. The summed E-state index contributed by atoms with van der Waals surface area (Å²) in [6.07, 6.45) is 8.09. The summed E-state index contributed by atoms with van der Waals surface area (Å²) in [5.41, 5.74) is 3.06. The van der Waals surface area contributed by atoms with Crippen molar-refractivity contribution in [2.45, 2.75) is 24.8 Å². The lowest BCUT2D eigenvalue weighted by molar-refractivity contribution is 0.285. The van der Waals surface area contributed by atoms with Crippen LogP contribution in [0, 0.1) is 5.82 Å². The number of nitrogens with zero attached hydrogens (tertiary/aromatic N) is 4. The smallest absolute Gasteiger partial charge is 0.229 e. The maximum Gasteiger partial charge on any atom is 0.229 e. The number of nitrogens with one attached hydrogen (secondary N) is 2. The Morgan fingerprint density at radius 1 is 1.26 bits per heavy atom. The molecule has 1 aromatic carbocycles. The van der Waals surface area contributed by atoms with Crippen LogP contribution in [0.15, 0.2) is 60.5 Å². The van der Waals surface area contributed by atoms with Crippen LogP contribution in [0.1, 0.15) is 19.0 Å². The molecule has 0 saturated heterocycles. The Balaban J connectivity index is 1.39. The number of anilines is 3. The Bertz CT molecular complexity index is 1240. The van der Waals surface area contributed by atoms with Gasteiger partial charge in [0.2, 0.25) is 5.95 Å². The fourth-order valence-electron chi connectivity index (χ4n) is 3.44. The summed E-state index contributed by atoms with van der Waals surface area (Å²) < 4.78 is 22.1. The molecule has 31 heavy (non-hydrogen) atoms. The first-order chi connectivity index (χ1) is 14.9. The van der Waals surface area contributed by atoms with E-state index in [0.717, 1.165) is 17.6 Å². The van der Waals surface area contributed by atoms with Crippen molar-refractivity contribution in [3.63, 3.8) is 0 Å².